The largest absolute Gasteiger partial charge is 0.417 e. The maximum atomic E-state index is 12.3. The Morgan fingerprint density at radius 3 is 2.53 bits per heavy atom. The van der Waals surface area contributed by atoms with Gasteiger partial charge in [-0.2, -0.15) is 13.2 Å². The molecule has 0 N–H and O–H groups in total. The van der Waals surface area contributed by atoms with Crippen LogP contribution in [0.5, 0.6) is 0 Å². The van der Waals surface area contributed by atoms with Crippen molar-refractivity contribution in [1.82, 2.24) is 9.97 Å². The molecule has 17 heavy (non-hydrogen) atoms. The van der Waals surface area contributed by atoms with Crippen LogP contribution in [0.15, 0.2) is 23.7 Å². The summed E-state index contributed by atoms with van der Waals surface area (Å²) >= 11 is 1.15. The van der Waals surface area contributed by atoms with Gasteiger partial charge in [0.05, 0.1) is 11.3 Å². The summed E-state index contributed by atoms with van der Waals surface area (Å²) in [5.41, 5.74) is -0.254. The predicted molar refractivity (Wildman–Crippen MR) is 55.7 cm³/mol. The highest BCUT2D eigenvalue weighted by atomic mass is 32.1. The summed E-state index contributed by atoms with van der Waals surface area (Å²) in [5, 5.41) is 1.93. The molecule has 0 aliphatic heterocycles. The van der Waals surface area contributed by atoms with Gasteiger partial charge < -0.3 is 0 Å². The van der Waals surface area contributed by atoms with E-state index in [1.807, 2.05) is 0 Å². The van der Waals surface area contributed by atoms with Crippen molar-refractivity contribution in [3.05, 3.63) is 35.0 Å². The molecular formula is C10H5F3N2OS. The van der Waals surface area contributed by atoms with Gasteiger partial charge in [0.15, 0.2) is 6.29 Å². The molecule has 0 amide bonds. The lowest BCUT2D eigenvalue weighted by Gasteiger charge is -2.05. The van der Waals surface area contributed by atoms with Crippen LogP contribution < -0.4 is 0 Å². The maximum Gasteiger partial charge on any atom is 0.417 e. The molecule has 0 unspecified atom stereocenters. The Hall–Kier alpha value is -1.76. The second kappa shape index (κ2) is 4.25. The average molecular weight is 258 g/mol. The first-order valence-electron chi connectivity index (χ1n) is 4.45. The summed E-state index contributed by atoms with van der Waals surface area (Å²) in [6.07, 6.45) is -3.08. The van der Waals surface area contributed by atoms with Gasteiger partial charge in [0.1, 0.15) is 10.7 Å². The van der Waals surface area contributed by atoms with Crippen molar-refractivity contribution in [3.8, 4) is 10.7 Å². The van der Waals surface area contributed by atoms with Gasteiger partial charge in [0, 0.05) is 11.6 Å². The molecule has 0 aliphatic carbocycles. The normalized spacial score (nSPS) is 11.5. The van der Waals surface area contributed by atoms with Crippen molar-refractivity contribution in [1.29, 1.82) is 0 Å². The Morgan fingerprint density at radius 2 is 2.06 bits per heavy atom. The van der Waals surface area contributed by atoms with Crippen molar-refractivity contribution in [2.45, 2.75) is 6.18 Å². The van der Waals surface area contributed by atoms with E-state index in [1.54, 1.807) is 0 Å². The molecule has 3 nitrogen and oxygen atoms in total. The fourth-order valence-corrected chi connectivity index (χ4v) is 1.89. The van der Waals surface area contributed by atoms with Gasteiger partial charge in [-0.05, 0) is 12.1 Å². The molecule has 0 fully saturated rings. The van der Waals surface area contributed by atoms with Crippen LogP contribution in [-0.4, -0.2) is 16.3 Å². The second-order valence-corrected chi connectivity index (χ2v) is 3.98. The van der Waals surface area contributed by atoms with Crippen LogP contribution >= 0.6 is 11.3 Å². The smallest absolute Gasteiger partial charge is 0.296 e. The first-order valence-corrected chi connectivity index (χ1v) is 5.33. The van der Waals surface area contributed by atoms with Gasteiger partial charge in [-0.1, -0.05) is 0 Å². The van der Waals surface area contributed by atoms with Crippen molar-refractivity contribution in [2.24, 2.45) is 0 Å². The van der Waals surface area contributed by atoms with E-state index >= 15 is 0 Å². The van der Waals surface area contributed by atoms with Crippen molar-refractivity contribution in [2.75, 3.05) is 0 Å². The van der Waals surface area contributed by atoms with Crippen LogP contribution in [0.4, 0.5) is 13.2 Å². The monoisotopic (exact) mass is 258 g/mol. The Balaban J connectivity index is 2.32. The van der Waals surface area contributed by atoms with Gasteiger partial charge in [-0.25, -0.2) is 4.98 Å². The number of nitrogens with zero attached hydrogens (tertiary/aromatic N) is 2. The van der Waals surface area contributed by atoms with Crippen LogP contribution in [0.1, 0.15) is 16.1 Å². The molecule has 2 aromatic rings. The molecule has 0 saturated carbocycles. The number of hydrogen-bond donors (Lipinski definition) is 0. The molecule has 88 valence electrons. The SMILES string of the molecule is O=Cc1csc(-c2ccc(C(F)(F)F)cn2)n1. The number of carbonyl (C=O) groups is 1. The third-order valence-electron chi connectivity index (χ3n) is 1.95. The zero-order valence-electron chi connectivity index (χ0n) is 8.23. The number of alkyl halides is 3. The third-order valence-corrected chi connectivity index (χ3v) is 2.84. The fourth-order valence-electron chi connectivity index (χ4n) is 1.15. The quantitative estimate of drug-likeness (QED) is 0.777. The summed E-state index contributed by atoms with van der Waals surface area (Å²) in [4.78, 5) is 18.0. The maximum absolute atomic E-state index is 12.3. The first-order chi connectivity index (χ1) is 8.00. The molecule has 0 atom stereocenters. The number of rotatable bonds is 2. The highest BCUT2D eigenvalue weighted by Gasteiger charge is 2.30. The molecular weight excluding hydrogens is 253 g/mol. The predicted octanol–water partition coefficient (Wildman–Crippen LogP) is 3.04. The van der Waals surface area contributed by atoms with Crippen LogP contribution in [0.25, 0.3) is 10.7 Å². The first kappa shape index (κ1) is 11.7. The minimum absolute atomic E-state index is 0.242. The summed E-state index contributed by atoms with van der Waals surface area (Å²) < 4.78 is 36.8. The highest BCUT2D eigenvalue weighted by molar-refractivity contribution is 7.13. The Bertz CT molecular complexity index is 533. The van der Waals surface area contributed by atoms with E-state index in [9.17, 15) is 18.0 Å². The Kier molecular flexibility index (Phi) is 2.93. The molecule has 0 bridgehead atoms. The molecule has 0 aliphatic rings. The van der Waals surface area contributed by atoms with Crippen LogP contribution in [-0.2, 0) is 6.18 Å². The standard InChI is InChI=1S/C10H5F3N2OS/c11-10(12,13)6-1-2-8(14-3-6)9-15-7(4-16)5-17-9/h1-5H. The number of thiazole rings is 1. The van der Waals surface area contributed by atoms with E-state index in [1.165, 1.54) is 11.4 Å². The lowest BCUT2D eigenvalue weighted by molar-refractivity contribution is -0.137. The summed E-state index contributed by atoms with van der Waals surface area (Å²) in [6.45, 7) is 0. The summed E-state index contributed by atoms with van der Waals surface area (Å²) in [6, 6.07) is 2.17. The van der Waals surface area contributed by atoms with E-state index in [2.05, 4.69) is 9.97 Å². The number of halogens is 3. The van der Waals surface area contributed by atoms with Crippen LogP contribution in [0, 0.1) is 0 Å². The van der Waals surface area contributed by atoms with Gasteiger partial charge >= 0.3 is 6.18 Å². The molecule has 0 radical (unpaired) electrons. The van der Waals surface area contributed by atoms with E-state index in [-0.39, 0.29) is 5.69 Å². The Labute approximate surface area is 98.0 Å². The van der Waals surface area contributed by atoms with E-state index in [4.69, 9.17) is 0 Å². The van der Waals surface area contributed by atoms with E-state index < -0.39 is 11.7 Å². The zero-order valence-corrected chi connectivity index (χ0v) is 9.05. The number of hydrogen-bond acceptors (Lipinski definition) is 4. The van der Waals surface area contributed by atoms with Gasteiger partial charge in [-0.15, -0.1) is 11.3 Å². The highest BCUT2D eigenvalue weighted by Crippen LogP contribution is 2.30. The molecule has 2 rings (SSSR count). The number of pyridine rings is 1. The average Bonchev–Trinajstić information content (AvgIpc) is 2.76. The zero-order chi connectivity index (χ0) is 12.5. The molecule has 0 aromatic carbocycles. The van der Waals surface area contributed by atoms with Crippen molar-refractivity contribution < 1.29 is 18.0 Å². The number of carbonyl (C=O) groups excluding carboxylic acids is 1. The third kappa shape index (κ3) is 2.50. The van der Waals surface area contributed by atoms with Crippen molar-refractivity contribution in [3.63, 3.8) is 0 Å². The molecule has 0 saturated heterocycles. The summed E-state index contributed by atoms with van der Waals surface area (Å²) in [7, 11) is 0. The summed E-state index contributed by atoms with van der Waals surface area (Å²) in [5.74, 6) is 0. The number of aldehydes is 1. The van der Waals surface area contributed by atoms with Crippen LogP contribution in [0.2, 0.25) is 0 Å². The minimum Gasteiger partial charge on any atom is -0.296 e. The lowest BCUT2D eigenvalue weighted by atomic mass is 10.2. The molecule has 0 spiro atoms. The fraction of sp³-hybridized carbons (Fsp3) is 0.100. The van der Waals surface area contributed by atoms with E-state index in [0.29, 0.717) is 17.0 Å². The lowest BCUT2D eigenvalue weighted by Crippen LogP contribution is -2.05. The number of aromatic nitrogens is 2. The van der Waals surface area contributed by atoms with Gasteiger partial charge in [0.2, 0.25) is 0 Å². The molecule has 2 aromatic heterocycles. The van der Waals surface area contributed by atoms with Gasteiger partial charge in [0.25, 0.3) is 0 Å². The van der Waals surface area contributed by atoms with Crippen LogP contribution in [0.3, 0.4) is 0 Å². The minimum atomic E-state index is -4.40. The van der Waals surface area contributed by atoms with Gasteiger partial charge in [-0.3, -0.25) is 9.78 Å². The molecule has 2 heterocycles. The van der Waals surface area contributed by atoms with E-state index in [0.717, 1.165) is 23.6 Å². The Morgan fingerprint density at radius 1 is 1.29 bits per heavy atom. The van der Waals surface area contributed by atoms with Crippen molar-refractivity contribution >= 4 is 17.6 Å². The topological polar surface area (TPSA) is 42.9 Å². The molecule has 7 heteroatoms. The second-order valence-electron chi connectivity index (χ2n) is 3.13.